The number of para-hydroxylation sites is 2. The van der Waals surface area contributed by atoms with Crippen LogP contribution < -0.4 is 14.8 Å². The SMILES string of the molecule is COC(=O)c1sc2cc(NC(=O)c3ccc(COc4ccccc4OC)o3)ccc2c1Cl. The molecular formula is C23H18ClNO6S. The van der Waals surface area contributed by atoms with Crippen molar-refractivity contribution in [3.05, 3.63) is 76.0 Å². The third-order valence-electron chi connectivity index (χ3n) is 4.58. The zero-order valence-electron chi connectivity index (χ0n) is 17.1. The Morgan fingerprint density at radius 1 is 1.06 bits per heavy atom. The number of halogens is 1. The first-order valence-electron chi connectivity index (χ1n) is 9.46. The highest BCUT2D eigenvalue weighted by Crippen LogP contribution is 2.37. The van der Waals surface area contributed by atoms with Gasteiger partial charge in [0.2, 0.25) is 0 Å². The molecule has 0 unspecified atom stereocenters. The van der Waals surface area contributed by atoms with E-state index in [2.05, 4.69) is 5.32 Å². The molecule has 0 aliphatic heterocycles. The Hall–Kier alpha value is -3.49. The molecule has 4 aromatic rings. The molecule has 0 aliphatic carbocycles. The van der Waals surface area contributed by atoms with E-state index in [1.54, 1.807) is 49.6 Å². The van der Waals surface area contributed by atoms with Crippen molar-refractivity contribution in [1.82, 2.24) is 0 Å². The van der Waals surface area contributed by atoms with Gasteiger partial charge in [-0.25, -0.2) is 4.79 Å². The lowest BCUT2D eigenvalue weighted by molar-refractivity contribution is 0.0606. The van der Waals surface area contributed by atoms with Gasteiger partial charge >= 0.3 is 5.97 Å². The number of ether oxygens (including phenoxy) is 3. The fourth-order valence-corrected chi connectivity index (χ4v) is 4.49. The summed E-state index contributed by atoms with van der Waals surface area (Å²) in [5, 5.41) is 3.83. The van der Waals surface area contributed by atoms with Crippen LogP contribution in [0, 0.1) is 0 Å². The van der Waals surface area contributed by atoms with Crippen LogP contribution in [0.2, 0.25) is 5.02 Å². The van der Waals surface area contributed by atoms with Gasteiger partial charge in [-0.2, -0.15) is 0 Å². The molecule has 0 spiro atoms. The molecule has 0 atom stereocenters. The number of nitrogens with one attached hydrogen (secondary N) is 1. The van der Waals surface area contributed by atoms with Crippen LogP contribution in [0.5, 0.6) is 11.5 Å². The zero-order chi connectivity index (χ0) is 22.7. The number of anilines is 1. The number of carbonyl (C=O) groups excluding carboxylic acids is 2. The number of methoxy groups -OCH3 is 2. The molecule has 2 aromatic carbocycles. The van der Waals surface area contributed by atoms with Crippen molar-refractivity contribution in [2.45, 2.75) is 6.61 Å². The first kappa shape index (κ1) is 21.7. The summed E-state index contributed by atoms with van der Waals surface area (Å²) in [7, 11) is 2.86. The third-order valence-corrected chi connectivity index (χ3v) is 6.22. The first-order chi connectivity index (χ1) is 15.5. The van der Waals surface area contributed by atoms with Crippen LogP contribution in [-0.4, -0.2) is 26.1 Å². The van der Waals surface area contributed by atoms with Gasteiger partial charge in [-0.05, 0) is 42.5 Å². The monoisotopic (exact) mass is 471 g/mol. The third kappa shape index (κ3) is 4.42. The van der Waals surface area contributed by atoms with E-state index in [1.807, 2.05) is 12.1 Å². The van der Waals surface area contributed by atoms with Gasteiger partial charge in [0, 0.05) is 15.8 Å². The summed E-state index contributed by atoms with van der Waals surface area (Å²) in [5.74, 6) is 0.902. The Morgan fingerprint density at radius 3 is 2.59 bits per heavy atom. The predicted octanol–water partition coefficient (Wildman–Crippen LogP) is 5.77. The molecule has 4 rings (SSSR count). The average molecular weight is 472 g/mol. The molecule has 164 valence electrons. The highest BCUT2D eigenvalue weighted by Gasteiger charge is 2.19. The van der Waals surface area contributed by atoms with E-state index in [1.165, 1.54) is 18.4 Å². The van der Waals surface area contributed by atoms with Gasteiger partial charge in [0.25, 0.3) is 5.91 Å². The van der Waals surface area contributed by atoms with Crippen molar-refractivity contribution >= 4 is 50.6 Å². The summed E-state index contributed by atoms with van der Waals surface area (Å²) in [5.41, 5.74) is 0.542. The van der Waals surface area contributed by atoms with Gasteiger partial charge < -0.3 is 23.9 Å². The van der Waals surface area contributed by atoms with Crippen LogP contribution in [0.25, 0.3) is 10.1 Å². The van der Waals surface area contributed by atoms with Crippen LogP contribution in [0.3, 0.4) is 0 Å². The summed E-state index contributed by atoms with van der Waals surface area (Å²) >= 11 is 7.47. The molecular weight excluding hydrogens is 454 g/mol. The van der Waals surface area contributed by atoms with Gasteiger partial charge in [-0.3, -0.25) is 4.79 Å². The number of carbonyl (C=O) groups is 2. The highest BCUT2D eigenvalue weighted by atomic mass is 35.5. The quantitative estimate of drug-likeness (QED) is 0.344. The molecule has 1 amide bonds. The summed E-state index contributed by atoms with van der Waals surface area (Å²) in [6, 6.07) is 15.7. The van der Waals surface area contributed by atoms with E-state index in [9.17, 15) is 9.59 Å². The minimum atomic E-state index is -0.500. The lowest BCUT2D eigenvalue weighted by Gasteiger charge is -2.08. The maximum absolute atomic E-state index is 12.6. The molecule has 32 heavy (non-hydrogen) atoms. The number of thiophene rings is 1. The molecule has 1 N–H and O–H groups in total. The van der Waals surface area contributed by atoms with Crippen molar-refractivity contribution < 1.29 is 28.2 Å². The number of hydrogen-bond donors (Lipinski definition) is 1. The predicted molar refractivity (Wildman–Crippen MR) is 122 cm³/mol. The smallest absolute Gasteiger partial charge is 0.349 e. The van der Waals surface area contributed by atoms with Crippen molar-refractivity contribution in [2.75, 3.05) is 19.5 Å². The van der Waals surface area contributed by atoms with E-state index >= 15 is 0 Å². The average Bonchev–Trinajstić information content (AvgIpc) is 3.42. The lowest BCUT2D eigenvalue weighted by atomic mass is 10.2. The normalized spacial score (nSPS) is 10.7. The molecule has 7 nitrogen and oxygen atoms in total. The molecule has 0 aliphatic rings. The fourth-order valence-electron chi connectivity index (χ4n) is 3.02. The summed E-state index contributed by atoms with van der Waals surface area (Å²) in [6.07, 6.45) is 0. The van der Waals surface area contributed by atoms with Crippen molar-refractivity contribution in [2.24, 2.45) is 0 Å². The van der Waals surface area contributed by atoms with Gasteiger partial charge in [-0.15, -0.1) is 11.3 Å². The molecule has 2 aromatic heterocycles. The van der Waals surface area contributed by atoms with E-state index in [4.69, 9.17) is 30.2 Å². The van der Waals surface area contributed by atoms with Crippen LogP contribution >= 0.6 is 22.9 Å². The largest absolute Gasteiger partial charge is 0.493 e. The Bertz CT molecular complexity index is 1290. The minimum absolute atomic E-state index is 0.142. The molecule has 0 saturated carbocycles. The van der Waals surface area contributed by atoms with Crippen molar-refractivity contribution in [3.63, 3.8) is 0 Å². The number of fused-ring (bicyclic) bond motifs is 1. The first-order valence-corrected chi connectivity index (χ1v) is 10.7. The molecule has 9 heteroatoms. The molecule has 0 fully saturated rings. The number of esters is 1. The van der Waals surface area contributed by atoms with E-state index in [0.717, 1.165) is 4.70 Å². The van der Waals surface area contributed by atoms with Gasteiger partial charge in [0.1, 0.15) is 17.2 Å². The van der Waals surface area contributed by atoms with Crippen LogP contribution in [-0.2, 0) is 11.3 Å². The number of benzene rings is 2. The van der Waals surface area contributed by atoms with Crippen molar-refractivity contribution in [3.8, 4) is 11.5 Å². The summed E-state index contributed by atoms with van der Waals surface area (Å²) < 4.78 is 22.1. The molecule has 2 heterocycles. The summed E-state index contributed by atoms with van der Waals surface area (Å²) in [4.78, 5) is 24.8. The second-order valence-electron chi connectivity index (χ2n) is 6.61. The number of amides is 1. The van der Waals surface area contributed by atoms with E-state index in [0.29, 0.717) is 38.2 Å². The lowest BCUT2D eigenvalue weighted by Crippen LogP contribution is -2.10. The molecule has 0 saturated heterocycles. The maximum Gasteiger partial charge on any atom is 0.349 e. The maximum atomic E-state index is 12.6. The van der Waals surface area contributed by atoms with Gasteiger partial charge in [0.05, 0.1) is 19.2 Å². The second kappa shape index (κ2) is 9.33. The van der Waals surface area contributed by atoms with Gasteiger partial charge in [-0.1, -0.05) is 23.7 Å². The van der Waals surface area contributed by atoms with Crippen molar-refractivity contribution in [1.29, 1.82) is 0 Å². The topological polar surface area (TPSA) is 87.0 Å². The second-order valence-corrected chi connectivity index (χ2v) is 8.04. The number of hydrogen-bond acceptors (Lipinski definition) is 7. The zero-order valence-corrected chi connectivity index (χ0v) is 18.7. The number of rotatable bonds is 7. The molecule has 0 bridgehead atoms. The Balaban J connectivity index is 1.44. The standard InChI is InChI=1S/C23H18ClNO6S/c1-28-16-5-3-4-6-17(16)30-12-14-8-10-18(31-14)22(26)25-13-7-9-15-19(11-13)32-21(20(15)24)23(27)29-2/h3-11H,12H2,1-2H3,(H,25,26). The Morgan fingerprint density at radius 2 is 1.84 bits per heavy atom. The number of furan rings is 1. The van der Waals surface area contributed by atoms with E-state index < -0.39 is 11.9 Å². The minimum Gasteiger partial charge on any atom is -0.493 e. The summed E-state index contributed by atoms with van der Waals surface area (Å²) in [6.45, 7) is 0.142. The molecule has 0 radical (unpaired) electrons. The highest BCUT2D eigenvalue weighted by molar-refractivity contribution is 7.21. The Labute approximate surface area is 192 Å². The van der Waals surface area contributed by atoms with Crippen LogP contribution in [0.4, 0.5) is 5.69 Å². The van der Waals surface area contributed by atoms with Crippen LogP contribution in [0.1, 0.15) is 26.0 Å². The fraction of sp³-hybridized carbons (Fsp3) is 0.130. The van der Waals surface area contributed by atoms with Crippen LogP contribution in [0.15, 0.2) is 59.0 Å². The van der Waals surface area contributed by atoms with E-state index in [-0.39, 0.29) is 12.4 Å². The Kier molecular flexibility index (Phi) is 6.34. The van der Waals surface area contributed by atoms with Gasteiger partial charge in [0.15, 0.2) is 17.3 Å².